The molecular weight excluding hydrogens is 258 g/mol. The Hall–Kier alpha value is -2.11. The molecule has 1 fully saturated rings. The largest absolute Gasteiger partial charge is 0.481 e. The van der Waals surface area contributed by atoms with Crippen molar-refractivity contribution in [3.8, 4) is 0 Å². The highest BCUT2D eigenvalue weighted by Gasteiger charge is 2.32. The van der Waals surface area contributed by atoms with Gasteiger partial charge in [-0.25, -0.2) is 4.98 Å². The fourth-order valence-corrected chi connectivity index (χ4v) is 2.84. The van der Waals surface area contributed by atoms with Gasteiger partial charge < -0.3 is 16.2 Å². The van der Waals surface area contributed by atoms with E-state index >= 15 is 0 Å². The summed E-state index contributed by atoms with van der Waals surface area (Å²) in [5, 5.41) is 12.2. The van der Waals surface area contributed by atoms with Crippen molar-refractivity contribution in [3.63, 3.8) is 0 Å². The van der Waals surface area contributed by atoms with Gasteiger partial charge in [0.05, 0.1) is 11.5 Å². The standard InChI is InChI=1S/C14H19N3O3/c1-8-5-6-16-13(11(8)12(15)18)17-7-9-3-2-4-10(9)14(19)20/h5-6,9-10H,2-4,7H2,1H3,(H2,15,18)(H,16,17)(H,19,20). The van der Waals surface area contributed by atoms with E-state index < -0.39 is 11.9 Å². The lowest BCUT2D eigenvalue weighted by atomic mass is 9.96. The number of carboxylic acids is 1. The number of rotatable bonds is 5. The predicted molar refractivity (Wildman–Crippen MR) is 74.4 cm³/mol. The first kappa shape index (κ1) is 14.3. The van der Waals surface area contributed by atoms with Crippen LogP contribution in [0.2, 0.25) is 0 Å². The van der Waals surface area contributed by atoms with Crippen LogP contribution in [0.15, 0.2) is 12.3 Å². The van der Waals surface area contributed by atoms with Crippen molar-refractivity contribution in [1.29, 1.82) is 0 Å². The quantitative estimate of drug-likeness (QED) is 0.754. The van der Waals surface area contributed by atoms with E-state index in [0.29, 0.717) is 24.3 Å². The smallest absolute Gasteiger partial charge is 0.306 e. The maximum atomic E-state index is 11.5. The number of hydrogen-bond acceptors (Lipinski definition) is 4. The fourth-order valence-electron chi connectivity index (χ4n) is 2.84. The molecule has 2 atom stereocenters. The zero-order valence-electron chi connectivity index (χ0n) is 11.4. The molecule has 1 aliphatic rings. The third-order valence-electron chi connectivity index (χ3n) is 3.91. The molecule has 0 aliphatic heterocycles. The zero-order chi connectivity index (χ0) is 14.7. The van der Waals surface area contributed by atoms with Gasteiger partial charge in [-0.3, -0.25) is 9.59 Å². The van der Waals surface area contributed by atoms with Gasteiger partial charge in [-0.05, 0) is 37.3 Å². The lowest BCUT2D eigenvalue weighted by Gasteiger charge is -2.18. The maximum absolute atomic E-state index is 11.5. The van der Waals surface area contributed by atoms with Crippen LogP contribution in [0, 0.1) is 18.8 Å². The molecule has 1 saturated carbocycles. The molecule has 108 valence electrons. The Balaban J connectivity index is 2.10. The van der Waals surface area contributed by atoms with E-state index in [-0.39, 0.29) is 11.8 Å². The van der Waals surface area contributed by atoms with Crippen molar-refractivity contribution in [3.05, 3.63) is 23.4 Å². The number of primary amides is 1. The number of carbonyl (C=O) groups is 2. The second-order valence-electron chi connectivity index (χ2n) is 5.23. The second-order valence-corrected chi connectivity index (χ2v) is 5.23. The highest BCUT2D eigenvalue weighted by Crippen LogP contribution is 2.32. The molecule has 2 unspecified atom stereocenters. The van der Waals surface area contributed by atoms with Crippen molar-refractivity contribution in [1.82, 2.24) is 4.98 Å². The molecule has 0 spiro atoms. The number of nitrogens with zero attached hydrogens (tertiary/aromatic N) is 1. The number of pyridine rings is 1. The van der Waals surface area contributed by atoms with E-state index in [1.807, 2.05) is 0 Å². The summed E-state index contributed by atoms with van der Waals surface area (Å²) in [6, 6.07) is 1.72. The molecule has 1 aromatic heterocycles. The van der Waals surface area contributed by atoms with E-state index in [9.17, 15) is 9.59 Å². The number of aliphatic carboxylic acids is 1. The van der Waals surface area contributed by atoms with Gasteiger partial charge in [0.1, 0.15) is 5.82 Å². The van der Waals surface area contributed by atoms with Gasteiger partial charge in [0, 0.05) is 12.7 Å². The third kappa shape index (κ3) is 2.89. The summed E-state index contributed by atoms with van der Waals surface area (Å²) in [5.41, 5.74) is 6.49. The number of hydrogen-bond donors (Lipinski definition) is 3. The number of nitrogens with one attached hydrogen (secondary N) is 1. The van der Waals surface area contributed by atoms with Gasteiger partial charge in [-0.1, -0.05) is 6.42 Å². The van der Waals surface area contributed by atoms with Crippen LogP contribution >= 0.6 is 0 Å². The van der Waals surface area contributed by atoms with Crippen LogP contribution in [0.1, 0.15) is 35.2 Å². The monoisotopic (exact) mass is 277 g/mol. The van der Waals surface area contributed by atoms with Crippen molar-refractivity contribution in [2.75, 3.05) is 11.9 Å². The van der Waals surface area contributed by atoms with E-state index in [1.165, 1.54) is 0 Å². The molecule has 0 aromatic carbocycles. The number of aromatic nitrogens is 1. The average Bonchev–Trinajstić information content (AvgIpc) is 2.84. The number of carboxylic acid groups (broad SMARTS) is 1. The molecule has 0 radical (unpaired) electrons. The summed E-state index contributed by atoms with van der Waals surface area (Å²) in [4.78, 5) is 26.7. The molecule has 1 aromatic rings. The number of aryl methyl sites for hydroxylation is 1. The molecule has 1 aliphatic carbocycles. The van der Waals surface area contributed by atoms with Gasteiger partial charge >= 0.3 is 5.97 Å². The van der Waals surface area contributed by atoms with Crippen LogP contribution in [0.3, 0.4) is 0 Å². The molecule has 1 heterocycles. The minimum atomic E-state index is -0.748. The number of amides is 1. The summed E-state index contributed by atoms with van der Waals surface area (Å²) in [6.45, 7) is 2.29. The summed E-state index contributed by atoms with van der Waals surface area (Å²) >= 11 is 0. The van der Waals surface area contributed by atoms with Crippen LogP contribution in [-0.4, -0.2) is 28.5 Å². The highest BCUT2D eigenvalue weighted by molar-refractivity contribution is 5.98. The first-order valence-electron chi connectivity index (χ1n) is 6.72. The minimum absolute atomic E-state index is 0.0653. The Morgan fingerprint density at radius 2 is 2.25 bits per heavy atom. The van der Waals surface area contributed by atoms with Crippen LogP contribution in [0.4, 0.5) is 5.82 Å². The highest BCUT2D eigenvalue weighted by atomic mass is 16.4. The van der Waals surface area contributed by atoms with Crippen LogP contribution in [0.5, 0.6) is 0 Å². The number of nitrogens with two attached hydrogens (primary N) is 1. The number of anilines is 1. The molecule has 6 nitrogen and oxygen atoms in total. The molecule has 6 heteroatoms. The van der Waals surface area contributed by atoms with Crippen LogP contribution in [-0.2, 0) is 4.79 Å². The van der Waals surface area contributed by atoms with E-state index in [4.69, 9.17) is 10.8 Å². The van der Waals surface area contributed by atoms with Crippen molar-refractivity contribution in [2.45, 2.75) is 26.2 Å². The zero-order valence-corrected chi connectivity index (χ0v) is 11.4. The summed E-state index contributed by atoms with van der Waals surface area (Å²) < 4.78 is 0. The summed E-state index contributed by atoms with van der Waals surface area (Å²) in [6.07, 6.45) is 4.12. The topological polar surface area (TPSA) is 105 Å². The van der Waals surface area contributed by atoms with Gasteiger partial charge in [0.15, 0.2) is 0 Å². The SMILES string of the molecule is Cc1ccnc(NCC2CCCC2C(=O)O)c1C(N)=O. The predicted octanol–water partition coefficient (Wildman–Crippen LogP) is 1.40. The Morgan fingerprint density at radius 1 is 1.50 bits per heavy atom. The number of carbonyl (C=O) groups excluding carboxylic acids is 1. The molecule has 0 saturated heterocycles. The summed E-state index contributed by atoms with van der Waals surface area (Å²) in [7, 11) is 0. The van der Waals surface area contributed by atoms with Gasteiger partial charge in [0.2, 0.25) is 0 Å². The lowest BCUT2D eigenvalue weighted by Crippen LogP contribution is -2.26. The van der Waals surface area contributed by atoms with Crippen molar-refractivity contribution < 1.29 is 14.7 Å². The first-order chi connectivity index (χ1) is 9.50. The molecule has 4 N–H and O–H groups in total. The Kier molecular flexibility index (Phi) is 4.22. The van der Waals surface area contributed by atoms with E-state index in [0.717, 1.165) is 18.4 Å². The first-order valence-corrected chi connectivity index (χ1v) is 6.72. The third-order valence-corrected chi connectivity index (χ3v) is 3.91. The average molecular weight is 277 g/mol. The van der Waals surface area contributed by atoms with Crippen molar-refractivity contribution >= 4 is 17.7 Å². The van der Waals surface area contributed by atoms with E-state index in [2.05, 4.69) is 10.3 Å². The van der Waals surface area contributed by atoms with E-state index in [1.54, 1.807) is 19.2 Å². The molecule has 0 bridgehead atoms. The molecule has 20 heavy (non-hydrogen) atoms. The molecular formula is C14H19N3O3. The summed E-state index contributed by atoms with van der Waals surface area (Å²) in [5.74, 6) is -1.09. The molecule has 1 amide bonds. The Labute approximate surface area is 117 Å². The van der Waals surface area contributed by atoms with Gasteiger partial charge in [-0.2, -0.15) is 0 Å². The second kappa shape index (κ2) is 5.90. The maximum Gasteiger partial charge on any atom is 0.306 e. The Morgan fingerprint density at radius 3 is 2.90 bits per heavy atom. The van der Waals surface area contributed by atoms with Gasteiger partial charge in [0.25, 0.3) is 5.91 Å². The van der Waals surface area contributed by atoms with Gasteiger partial charge in [-0.15, -0.1) is 0 Å². The molecule has 2 rings (SSSR count). The minimum Gasteiger partial charge on any atom is -0.481 e. The van der Waals surface area contributed by atoms with Crippen LogP contribution < -0.4 is 11.1 Å². The lowest BCUT2D eigenvalue weighted by molar-refractivity contribution is -0.142. The normalized spacial score (nSPS) is 21.6. The van der Waals surface area contributed by atoms with Crippen molar-refractivity contribution in [2.24, 2.45) is 17.6 Å². The van der Waals surface area contributed by atoms with Crippen LogP contribution in [0.25, 0.3) is 0 Å². The Bertz CT molecular complexity index is 530. The fraction of sp³-hybridized carbons (Fsp3) is 0.500.